The predicted octanol–water partition coefficient (Wildman–Crippen LogP) is 2.55. The van der Waals surface area contributed by atoms with Crippen LogP contribution in [-0.4, -0.2) is 25.0 Å². The Balaban J connectivity index is 0.00000162. The lowest BCUT2D eigenvalue weighted by Gasteiger charge is -2.24. The van der Waals surface area contributed by atoms with Crippen molar-refractivity contribution >= 4 is 29.9 Å². The van der Waals surface area contributed by atoms with Gasteiger partial charge in [0, 0.05) is 23.2 Å². The number of rotatable bonds is 2. The molecule has 0 unspecified atom stereocenters. The number of aryl methyl sites for hydroxylation is 1. The topological polar surface area (TPSA) is 41.1 Å². The normalized spacial score (nSPS) is 18.9. The minimum absolute atomic E-state index is 0. The van der Waals surface area contributed by atoms with Crippen LogP contribution in [0.3, 0.4) is 0 Å². The number of carbonyl (C=O) groups excluding carboxylic acids is 1. The third kappa shape index (κ3) is 3.87. The van der Waals surface area contributed by atoms with E-state index in [1.165, 1.54) is 0 Å². The van der Waals surface area contributed by atoms with Crippen molar-refractivity contribution in [1.82, 2.24) is 10.6 Å². The Morgan fingerprint density at radius 2 is 2.28 bits per heavy atom. The van der Waals surface area contributed by atoms with E-state index in [-0.39, 0.29) is 24.4 Å². The number of amides is 1. The summed E-state index contributed by atoms with van der Waals surface area (Å²) in [7, 11) is 0. The van der Waals surface area contributed by atoms with Gasteiger partial charge < -0.3 is 10.6 Å². The first-order valence-electron chi connectivity index (χ1n) is 5.94. The molecule has 1 saturated heterocycles. The molecule has 1 amide bonds. The van der Waals surface area contributed by atoms with Crippen LogP contribution in [0.25, 0.3) is 0 Å². The molecule has 0 saturated carbocycles. The van der Waals surface area contributed by atoms with E-state index in [4.69, 9.17) is 11.6 Å². The average molecular weight is 289 g/mol. The highest BCUT2D eigenvalue weighted by Crippen LogP contribution is 2.15. The first-order valence-corrected chi connectivity index (χ1v) is 6.32. The van der Waals surface area contributed by atoms with E-state index in [0.29, 0.717) is 10.6 Å². The van der Waals surface area contributed by atoms with Crippen molar-refractivity contribution in [2.24, 2.45) is 0 Å². The number of benzene rings is 1. The minimum atomic E-state index is -0.00660. The highest BCUT2D eigenvalue weighted by molar-refractivity contribution is 6.30. The third-order valence-corrected chi connectivity index (χ3v) is 3.30. The fourth-order valence-corrected chi connectivity index (χ4v) is 2.35. The van der Waals surface area contributed by atoms with Crippen molar-refractivity contribution in [2.75, 3.05) is 13.1 Å². The molecule has 2 rings (SSSR count). The quantitative estimate of drug-likeness (QED) is 0.878. The van der Waals surface area contributed by atoms with Crippen LogP contribution in [0.15, 0.2) is 18.2 Å². The number of hydrogen-bond donors (Lipinski definition) is 2. The smallest absolute Gasteiger partial charge is 0.251 e. The van der Waals surface area contributed by atoms with Crippen LogP contribution in [0.5, 0.6) is 0 Å². The predicted molar refractivity (Wildman–Crippen MR) is 76.8 cm³/mol. The lowest BCUT2D eigenvalue weighted by Crippen LogP contribution is -2.45. The molecule has 0 aromatic heterocycles. The van der Waals surface area contributed by atoms with Crippen LogP contribution in [0, 0.1) is 6.92 Å². The molecule has 0 bridgehead atoms. The Morgan fingerprint density at radius 1 is 1.50 bits per heavy atom. The van der Waals surface area contributed by atoms with E-state index in [9.17, 15) is 4.79 Å². The molecule has 1 aliphatic rings. The molecule has 0 spiro atoms. The van der Waals surface area contributed by atoms with Crippen molar-refractivity contribution in [3.8, 4) is 0 Å². The zero-order valence-electron chi connectivity index (χ0n) is 10.3. The van der Waals surface area contributed by atoms with E-state index >= 15 is 0 Å². The van der Waals surface area contributed by atoms with Gasteiger partial charge in [0.05, 0.1) is 0 Å². The first-order chi connectivity index (χ1) is 8.16. The molecule has 1 fully saturated rings. The van der Waals surface area contributed by atoms with Crippen molar-refractivity contribution in [3.05, 3.63) is 34.3 Å². The molecular formula is C13H18Cl2N2O. The van der Waals surface area contributed by atoms with Gasteiger partial charge in [-0.25, -0.2) is 0 Å². The Bertz CT molecular complexity index is 417. The summed E-state index contributed by atoms with van der Waals surface area (Å²) in [4.78, 5) is 12.1. The summed E-state index contributed by atoms with van der Waals surface area (Å²) < 4.78 is 0. The molecule has 2 N–H and O–H groups in total. The summed E-state index contributed by atoms with van der Waals surface area (Å²) in [5, 5.41) is 7.00. The average Bonchev–Trinajstić information content (AvgIpc) is 2.30. The van der Waals surface area contributed by atoms with Gasteiger partial charge in [-0.3, -0.25) is 4.79 Å². The van der Waals surface area contributed by atoms with Crippen molar-refractivity contribution in [1.29, 1.82) is 0 Å². The molecule has 1 atom stereocenters. The van der Waals surface area contributed by atoms with E-state index in [1.807, 2.05) is 13.0 Å². The molecule has 0 radical (unpaired) electrons. The fraction of sp³-hybridized carbons (Fsp3) is 0.462. The molecule has 1 aliphatic heterocycles. The van der Waals surface area contributed by atoms with Crippen LogP contribution in [0.1, 0.15) is 28.8 Å². The molecule has 1 heterocycles. The standard InChI is InChI=1S/C13H17ClN2O.ClH/c1-9-7-10(14)4-5-12(9)13(17)16-11-3-2-6-15-8-11;/h4-5,7,11,15H,2-3,6,8H2,1H3,(H,16,17);1H/t11-;/m0./s1. The van der Waals surface area contributed by atoms with Gasteiger partial charge in [0.15, 0.2) is 0 Å². The van der Waals surface area contributed by atoms with Gasteiger partial charge in [0.2, 0.25) is 0 Å². The zero-order chi connectivity index (χ0) is 12.3. The highest BCUT2D eigenvalue weighted by Gasteiger charge is 2.17. The number of piperidine rings is 1. The van der Waals surface area contributed by atoms with Gasteiger partial charge in [-0.2, -0.15) is 0 Å². The molecule has 5 heteroatoms. The Morgan fingerprint density at radius 3 is 2.89 bits per heavy atom. The van der Waals surface area contributed by atoms with Crippen LogP contribution < -0.4 is 10.6 Å². The monoisotopic (exact) mass is 288 g/mol. The maximum absolute atomic E-state index is 12.1. The fourth-order valence-electron chi connectivity index (χ4n) is 2.12. The first kappa shape index (κ1) is 15.3. The summed E-state index contributed by atoms with van der Waals surface area (Å²) in [6.07, 6.45) is 2.16. The summed E-state index contributed by atoms with van der Waals surface area (Å²) in [5.41, 5.74) is 1.62. The molecule has 0 aliphatic carbocycles. The zero-order valence-corrected chi connectivity index (χ0v) is 11.9. The van der Waals surface area contributed by atoms with E-state index < -0.39 is 0 Å². The van der Waals surface area contributed by atoms with Gasteiger partial charge in [-0.1, -0.05) is 11.6 Å². The second kappa shape index (κ2) is 6.98. The number of hydrogen-bond acceptors (Lipinski definition) is 2. The Hall–Kier alpha value is -0.770. The van der Waals surface area contributed by atoms with Crippen LogP contribution in [0.4, 0.5) is 0 Å². The molecule has 3 nitrogen and oxygen atoms in total. The van der Waals surface area contributed by atoms with E-state index in [0.717, 1.165) is 31.5 Å². The maximum atomic E-state index is 12.1. The largest absolute Gasteiger partial charge is 0.348 e. The van der Waals surface area contributed by atoms with Crippen LogP contribution >= 0.6 is 24.0 Å². The summed E-state index contributed by atoms with van der Waals surface area (Å²) in [6, 6.07) is 5.59. The van der Waals surface area contributed by atoms with Crippen LogP contribution in [-0.2, 0) is 0 Å². The molecule has 1 aromatic rings. The summed E-state index contributed by atoms with van der Waals surface area (Å²) in [5.74, 6) is -0.00660. The lowest BCUT2D eigenvalue weighted by molar-refractivity contribution is 0.0930. The van der Waals surface area contributed by atoms with Crippen molar-refractivity contribution < 1.29 is 4.79 Å². The van der Waals surface area contributed by atoms with Gasteiger partial charge in [0.1, 0.15) is 0 Å². The van der Waals surface area contributed by atoms with E-state index in [1.54, 1.807) is 12.1 Å². The number of halogens is 2. The number of carbonyl (C=O) groups is 1. The van der Waals surface area contributed by atoms with Gasteiger partial charge in [0.25, 0.3) is 5.91 Å². The van der Waals surface area contributed by atoms with Crippen molar-refractivity contribution in [2.45, 2.75) is 25.8 Å². The second-order valence-corrected chi connectivity index (χ2v) is 4.91. The highest BCUT2D eigenvalue weighted by atomic mass is 35.5. The number of nitrogens with one attached hydrogen (secondary N) is 2. The van der Waals surface area contributed by atoms with E-state index in [2.05, 4.69) is 10.6 Å². The maximum Gasteiger partial charge on any atom is 0.251 e. The molecular weight excluding hydrogens is 271 g/mol. The Labute approximate surface area is 119 Å². The SMILES string of the molecule is Cc1cc(Cl)ccc1C(=O)N[C@H]1CCCNC1.Cl. The lowest BCUT2D eigenvalue weighted by atomic mass is 10.1. The van der Waals surface area contributed by atoms with Crippen LogP contribution in [0.2, 0.25) is 5.02 Å². The molecule has 100 valence electrons. The van der Waals surface area contributed by atoms with Crippen molar-refractivity contribution in [3.63, 3.8) is 0 Å². The summed E-state index contributed by atoms with van der Waals surface area (Å²) >= 11 is 5.87. The Kier molecular flexibility index (Phi) is 5.93. The minimum Gasteiger partial charge on any atom is -0.348 e. The van der Waals surface area contributed by atoms with Gasteiger partial charge >= 0.3 is 0 Å². The second-order valence-electron chi connectivity index (χ2n) is 4.48. The molecule has 1 aromatic carbocycles. The van der Waals surface area contributed by atoms with Gasteiger partial charge in [-0.05, 0) is 50.1 Å². The molecule has 18 heavy (non-hydrogen) atoms. The third-order valence-electron chi connectivity index (χ3n) is 3.07. The summed E-state index contributed by atoms with van der Waals surface area (Å²) in [6.45, 7) is 3.81. The van der Waals surface area contributed by atoms with Gasteiger partial charge in [-0.15, -0.1) is 12.4 Å².